The quantitative estimate of drug-likeness (QED) is 0.810. The van der Waals surface area contributed by atoms with Crippen LogP contribution in [0.5, 0.6) is 0 Å². The molecule has 0 aliphatic carbocycles. The van der Waals surface area contributed by atoms with E-state index in [1.165, 1.54) is 17.1 Å². The van der Waals surface area contributed by atoms with Crippen LogP contribution in [0.15, 0.2) is 53.6 Å². The van der Waals surface area contributed by atoms with E-state index in [4.69, 9.17) is 0 Å². The molecular formula is C19H17FN2O2. The van der Waals surface area contributed by atoms with Crippen molar-refractivity contribution in [1.82, 2.24) is 0 Å². The molecule has 2 aromatic rings. The maximum Gasteiger partial charge on any atom is 0.263 e. The predicted octanol–water partition coefficient (Wildman–Crippen LogP) is 3.28. The predicted molar refractivity (Wildman–Crippen MR) is 90.4 cm³/mol. The van der Waals surface area contributed by atoms with Crippen LogP contribution in [0.25, 0.3) is 0 Å². The van der Waals surface area contributed by atoms with Gasteiger partial charge in [-0.1, -0.05) is 29.8 Å². The molecule has 1 heterocycles. The zero-order valence-electron chi connectivity index (χ0n) is 13.5. The molecule has 1 aliphatic heterocycles. The van der Waals surface area contributed by atoms with E-state index < -0.39 is 5.92 Å². The number of ketones is 1. The van der Waals surface area contributed by atoms with E-state index in [1.54, 1.807) is 31.2 Å². The van der Waals surface area contributed by atoms with Gasteiger partial charge in [0, 0.05) is 6.42 Å². The number of amides is 1. The summed E-state index contributed by atoms with van der Waals surface area (Å²) >= 11 is 0. The zero-order chi connectivity index (χ0) is 17.3. The second-order valence-corrected chi connectivity index (χ2v) is 5.93. The smallest absolute Gasteiger partial charge is 0.263 e. The molecule has 1 amide bonds. The van der Waals surface area contributed by atoms with Crippen LogP contribution >= 0.6 is 0 Å². The molecule has 1 atom stereocenters. The molecule has 0 bridgehead atoms. The number of nitrogens with zero attached hydrogens (tertiary/aromatic N) is 2. The summed E-state index contributed by atoms with van der Waals surface area (Å²) in [6, 6.07) is 13.1. The summed E-state index contributed by atoms with van der Waals surface area (Å²) in [5.74, 6) is -1.81. The highest BCUT2D eigenvalue weighted by molar-refractivity contribution is 6.27. The number of halogens is 1. The molecule has 0 spiro atoms. The first-order valence-electron chi connectivity index (χ1n) is 7.68. The van der Waals surface area contributed by atoms with E-state index in [0.29, 0.717) is 17.0 Å². The van der Waals surface area contributed by atoms with Crippen LogP contribution in [-0.4, -0.2) is 17.4 Å². The standard InChI is InChI=1S/C19H17FN2O2/c1-12-3-9-16(10-4-12)22-19(24)18(13(2)21-22)17(23)11-14-5-7-15(20)8-6-14/h3-10,18H,11H2,1-2H3/t18-/m0/s1. The molecule has 0 aromatic heterocycles. The van der Waals surface area contributed by atoms with Gasteiger partial charge in [-0.05, 0) is 43.7 Å². The van der Waals surface area contributed by atoms with Crippen LogP contribution in [0.2, 0.25) is 0 Å². The van der Waals surface area contributed by atoms with Gasteiger partial charge < -0.3 is 0 Å². The number of Topliss-reactive ketones (excluding diaryl/α,β-unsaturated/α-hetero) is 1. The molecule has 3 rings (SSSR count). The normalized spacial score (nSPS) is 17.1. The number of carbonyl (C=O) groups is 2. The number of hydrogen-bond donors (Lipinski definition) is 0. The van der Waals surface area contributed by atoms with Gasteiger partial charge in [0.1, 0.15) is 11.7 Å². The van der Waals surface area contributed by atoms with Gasteiger partial charge >= 0.3 is 0 Å². The van der Waals surface area contributed by atoms with E-state index in [2.05, 4.69) is 5.10 Å². The molecule has 0 unspecified atom stereocenters. The number of carbonyl (C=O) groups excluding carboxylic acids is 2. The Hall–Kier alpha value is -2.82. The van der Waals surface area contributed by atoms with Crippen LogP contribution in [0.1, 0.15) is 18.1 Å². The van der Waals surface area contributed by atoms with E-state index in [0.717, 1.165) is 5.56 Å². The maximum atomic E-state index is 13.0. The van der Waals surface area contributed by atoms with Crippen molar-refractivity contribution in [1.29, 1.82) is 0 Å². The first-order chi connectivity index (χ1) is 11.5. The van der Waals surface area contributed by atoms with Crippen molar-refractivity contribution in [3.8, 4) is 0 Å². The minimum atomic E-state index is -0.878. The number of benzene rings is 2. The molecule has 0 fully saturated rings. The highest BCUT2D eigenvalue weighted by atomic mass is 19.1. The lowest BCUT2D eigenvalue weighted by molar-refractivity contribution is -0.128. The Morgan fingerprint density at radius 2 is 1.71 bits per heavy atom. The van der Waals surface area contributed by atoms with Gasteiger partial charge in [-0.25, -0.2) is 4.39 Å². The third-order valence-electron chi connectivity index (χ3n) is 4.02. The van der Waals surface area contributed by atoms with Crippen LogP contribution < -0.4 is 5.01 Å². The lowest BCUT2D eigenvalue weighted by Gasteiger charge is -2.14. The van der Waals surface area contributed by atoms with Crippen molar-refractivity contribution in [2.45, 2.75) is 20.3 Å². The molecule has 0 saturated carbocycles. The summed E-state index contributed by atoms with van der Waals surface area (Å²) in [6.07, 6.45) is 0.0747. The zero-order valence-corrected chi connectivity index (χ0v) is 13.5. The number of aryl methyl sites for hydroxylation is 1. The number of anilines is 1. The van der Waals surface area contributed by atoms with Gasteiger partial charge in [0.05, 0.1) is 11.4 Å². The first-order valence-corrected chi connectivity index (χ1v) is 7.68. The number of hydrogen-bond acceptors (Lipinski definition) is 3. The first kappa shape index (κ1) is 16.1. The van der Waals surface area contributed by atoms with Gasteiger partial charge in [-0.15, -0.1) is 0 Å². The SMILES string of the molecule is CC1=NN(c2ccc(C)cc2)C(=O)[C@@H]1C(=O)Cc1ccc(F)cc1. The number of rotatable bonds is 4. The van der Waals surface area contributed by atoms with E-state index in [-0.39, 0.29) is 23.9 Å². The van der Waals surface area contributed by atoms with Crippen molar-refractivity contribution in [2.75, 3.05) is 5.01 Å². The van der Waals surface area contributed by atoms with Crippen LogP contribution in [-0.2, 0) is 16.0 Å². The van der Waals surface area contributed by atoms with Crippen molar-refractivity contribution >= 4 is 23.1 Å². The third-order valence-corrected chi connectivity index (χ3v) is 4.02. The minimum absolute atomic E-state index is 0.0747. The fourth-order valence-electron chi connectivity index (χ4n) is 2.71. The Kier molecular flexibility index (Phi) is 4.25. The maximum absolute atomic E-state index is 13.0. The third kappa shape index (κ3) is 3.11. The van der Waals surface area contributed by atoms with Crippen LogP contribution in [0.3, 0.4) is 0 Å². The Morgan fingerprint density at radius 3 is 2.33 bits per heavy atom. The summed E-state index contributed by atoms with van der Waals surface area (Å²) in [5.41, 5.74) is 2.88. The van der Waals surface area contributed by atoms with Gasteiger partial charge in [0.2, 0.25) is 0 Å². The average molecular weight is 324 g/mol. The molecular weight excluding hydrogens is 307 g/mol. The molecule has 2 aromatic carbocycles. The monoisotopic (exact) mass is 324 g/mol. The Balaban J connectivity index is 1.78. The molecule has 1 aliphatic rings. The van der Waals surface area contributed by atoms with Gasteiger partial charge in [-0.3, -0.25) is 9.59 Å². The van der Waals surface area contributed by atoms with E-state index >= 15 is 0 Å². The fraction of sp³-hybridized carbons (Fsp3) is 0.211. The average Bonchev–Trinajstić information content (AvgIpc) is 2.85. The summed E-state index contributed by atoms with van der Waals surface area (Å²) in [4.78, 5) is 25.1. The van der Waals surface area contributed by atoms with Crippen LogP contribution in [0.4, 0.5) is 10.1 Å². The molecule has 4 nitrogen and oxygen atoms in total. The van der Waals surface area contributed by atoms with Gasteiger partial charge in [0.25, 0.3) is 5.91 Å². The topological polar surface area (TPSA) is 49.7 Å². The molecule has 122 valence electrons. The highest BCUT2D eigenvalue weighted by Gasteiger charge is 2.39. The van der Waals surface area contributed by atoms with Crippen LogP contribution in [0, 0.1) is 18.7 Å². The molecule has 0 saturated heterocycles. The van der Waals surface area contributed by atoms with Gasteiger partial charge in [-0.2, -0.15) is 10.1 Å². The molecule has 24 heavy (non-hydrogen) atoms. The summed E-state index contributed by atoms with van der Waals surface area (Å²) < 4.78 is 13.0. The van der Waals surface area contributed by atoms with Crippen molar-refractivity contribution in [3.63, 3.8) is 0 Å². The second-order valence-electron chi connectivity index (χ2n) is 5.93. The van der Waals surface area contributed by atoms with Crippen molar-refractivity contribution in [2.24, 2.45) is 11.0 Å². The lowest BCUT2D eigenvalue weighted by atomic mass is 9.94. The summed E-state index contributed by atoms with van der Waals surface area (Å²) in [7, 11) is 0. The van der Waals surface area contributed by atoms with E-state index in [9.17, 15) is 14.0 Å². The fourth-order valence-corrected chi connectivity index (χ4v) is 2.71. The van der Waals surface area contributed by atoms with Crippen molar-refractivity contribution in [3.05, 3.63) is 65.5 Å². The van der Waals surface area contributed by atoms with E-state index in [1.807, 2.05) is 19.1 Å². The summed E-state index contributed by atoms with van der Waals surface area (Å²) in [5, 5.41) is 5.53. The highest BCUT2D eigenvalue weighted by Crippen LogP contribution is 2.25. The minimum Gasteiger partial charge on any atom is -0.298 e. The lowest BCUT2D eigenvalue weighted by Crippen LogP contribution is -2.33. The van der Waals surface area contributed by atoms with Gasteiger partial charge in [0.15, 0.2) is 5.78 Å². The largest absolute Gasteiger partial charge is 0.298 e. The Labute approximate surface area is 139 Å². The van der Waals surface area contributed by atoms with Crippen molar-refractivity contribution < 1.29 is 14.0 Å². The molecule has 0 N–H and O–H groups in total. The summed E-state index contributed by atoms with van der Waals surface area (Å²) in [6.45, 7) is 3.64. The molecule has 0 radical (unpaired) electrons. The Morgan fingerprint density at radius 1 is 1.08 bits per heavy atom. The number of hydrazone groups is 1. The molecule has 5 heteroatoms. The second kappa shape index (κ2) is 6.35. The Bertz CT molecular complexity index is 810.